The lowest BCUT2D eigenvalue weighted by Crippen LogP contribution is -2.45. The van der Waals surface area contributed by atoms with E-state index in [0.717, 1.165) is 41.9 Å². The normalized spacial score (nSPS) is 17.9. The molecular weight excluding hydrogens is 266 g/mol. The number of aryl methyl sites for hydroxylation is 1. The van der Waals surface area contributed by atoms with Gasteiger partial charge in [-0.2, -0.15) is 0 Å². The maximum Gasteiger partial charge on any atom is 0.174 e. The number of piperidine rings is 1. The second-order valence-electron chi connectivity index (χ2n) is 5.42. The van der Waals surface area contributed by atoms with Gasteiger partial charge in [-0.15, -0.1) is 11.3 Å². The van der Waals surface area contributed by atoms with Crippen molar-refractivity contribution in [3.05, 3.63) is 57.8 Å². The molecule has 2 nitrogen and oxygen atoms in total. The van der Waals surface area contributed by atoms with Crippen LogP contribution >= 0.6 is 11.3 Å². The zero-order valence-corrected chi connectivity index (χ0v) is 12.5. The molecule has 0 bridgehead atoms. The Morgan fingerprint density at radius 1 is 1.15 bits per heavy atom. The minimum atomic E-state index is -0.349. The van der Waals surface area contributed by atoms with E-state index in [1.807, 2.05) is 36.6 Å². The molecule has 0 amide bonds. The largest absolute Gasteiger partial charge is 0.317 e. The van der Waals surface area contributed by atoms with E-state index in [-0.39, 0.29) is 5.41 Å². The molecule has 0 unspecified atom stereocenters. The monoisotopic (exact) mass is 285 g/mol. The first-order valence-corrected chi connectivity index (χ1v) is 7.97. The Kier molecular flexibility index (Phi) is 3.72. The summed E-state index contributed by atoms with van der Waals surface area (Å²) < 4.78 is 0. The van der Waals surface area contributed by atoms with Crippen LogP contribution in [0.5, 0.6) is 0 Å². The molecule has 1 aromatic heterocycles. The van der Waals surface area contributed by atoms with Gasteiger partial charge in [0.1, 0.15) is 0 Å². The van der Waals surface area contributed by atoms with Gasteiger partial charge in [-0.1, -0.05) is 30.3 Å². The Balaban J connectivity index is 2.07. The molecule has 1 aliphatic rings. The fourth-order valence-electron chi connectivity index (χ4n) is 3.14. The number of carbonyl (C=O) groups excluding carboxylic acids is 1. The van der Waals surface area contributed by atoms with Gasteiger partial charge < -0.3 is 5.32 Å². The number of ketones is 1. The van der Waals surface area contributed by atoms with Gasteiger partial charge in [0.15, 0.2) is 5.78 Å². The van der Waals surface area contributed by atoms with E-state index in [9.17, 15) is 4.79 Å². The van der Waals surface area contributed by atoms with Crippen LogP contribution in [0.2, 0.25) is 0 Å². The molecule has 0 aliphatic carbocycles. The fraction of sp³-hybridized carbons (Fsp3) is 0.353. The van der Waals surface area contributed by atoms with E-state index >= 15 is 0 Å². The quantitative estimate of drug-likeness (QED) is 0.874. The summed E-state index contributed by atoms with van der Waals surface area (Å²) in [5.41, 5.74) is 1.72. The van der Waals surface area contributed by atoms with Crippen LogP contribution in [0.3, 0.4) is 0 Å². The Morgan fingerprint density at radius 3 is 2.45 bits per heavy atom. The zero-order valence-electron chi connectivity index (χ0n) is 11.7. The summed E-state index contributed by atoms with van der Waals surface area (Å²) >= 11 is 1.65. The molecule has 2 aromatic rings. The second kappa shape index (κ2) is 5.51. The summed E-state index contributed by atoms with van der Waals surface area (Å²) in [5.74, 6) is 0.295. The molecule has 1 aliphatic heterocycles. The van der Waals surface area contributed by atoms with Gasteiger partial charge in [0, 0.05) is 10.4 Å². The minimum Gasteiger partial charge on any atom is -0.317 e. The molecule has 0 atom stereocenters. The molecule has 1 aromatic carbocycles. The molecule has 3 heteroatoms. The SMILES string of the molecule is Cc1sccc1C(=O)C1(c2ccccc2)CCNCC1. The summed E-state index contributed by atoms with van der Waals surface area (Å²) in [6.45, 7) is 3.85. The van der Waals surface area contributed by atoms with Crippen molar-refractivity contribution >= 4 is 17.1 Å². The number of hydrogen-bond donors (Lipinski definition) is 1. The highest BCUT2D eigenvalue weighted by Gasteiger charge is 2.41. The van der Waals surface area contributed by atoms with Crippen molar-refractivity contribution in [3.8, 4) is 0 Å². The van der Waals surface area contributed by atoms with E-state index in [1.165, 1.54) is 0 Å². The molecule has 1 saturated heterocycles. The summed E-state index contributed by atoms with van der Waals surface area (Å²) in [6, 6.07) is 12.3. The Hall–Kier alpha value is -1.45. The van der Waals surface area contributed by atoms with Gasteiger partial charge in [-0.3, -0.25) is 4.79 Å². The molecule has 0 spiro atoms. The number of carbonyl (C=O) groups is 1. The van der Waals surface area contributed by atoms with Crippen LogP contribution in [0.15, 0.2) is 41.8 Å². The first-order valence-electron chi connectivity index (χ1n) is 7.09. The summed E-state index contributed by atoms with van der Waals surface area (Å²) in [5, 5.41) is 5.39. The average Bonchev–Trinajstić information content (AvgIpc) is 2.94. The van der Waals surface area contributed by atoms with Crippen molar-refractivity contribution in [2.75, 3.05) is 13.1 Å². The molecule has 104 valence electrons. The van der Waals surface area contributed by atoms with Crippen molar-refractivity contribution in [1.82, 2.24) is 5.32 Å². The summed E-state index contributed by atoms with van der Waals surface area (Å²) in [4.78, 5) is 14.3. The lowest BCUT2D eigenvalue weighted by molar-refractivity contribution is 0.0847. The molecule has 20 heavy (non-hydrogen) atoms. The topological polar surface area (TPSA) is 29.1 Å². The lowest BCUT2D eigenvalue weighted by Gasteiger charge is -2.37. The number of rotatable bonds is 3. The van der Waals surface area contributed by atoms with Gasteiger partial charge in [-0.25, -0.2) is 0 Å². The van der Waals surface area contributed by atoms with E-state index < -0.39 is 0 Å². The van der Waals surface area contributed by atoms with Crippen molar-refractivity contribution < 1.29 is 4.79 Å². The Morgan fingerprint density at radius 2 is 1.85 bits per heavy atom. The maximum absolute atomic E-state index is 13.2. The lowest BCUT2D eigenvalue weighted by atomic mass is 9.68. The van der Waals surface area contributed by atoms with Crippen molar-refractivity contribution in [2.45, 2.75) is 25.2 Å². The predicted molar refractivity (Wildman–Crippen MR) is 83.6 cm³/mol. The van der Waals surface area contributed by atoms with Crippen LogP contribution in [-0.4, -0.2) is 18.9 Å². The van der Waals surface area contributed by atoms with E-state index in [0.29, 0.717) is 5.78 Å². The molecule has 0 saturated carbocycles. The van der Waals surface area contributed by atoms with E-state index in [4.69, 9.17) is 0 Å². The highest BCUT2D eigenvalue weighted by atomic mass is 32.1. The predicted octanol–water partition coefficient (Wildman–Crippen LogP) is 3.56. The van der Waals surface area contributed by atoms with Gasteiger partial charge in [0.2, 0.25) is 0 Å². The first-order chi connectivity index (χ1) is 9.74. The molecular formula is C17H19NOS. The Bertz CT molecular complexity index is 596. The molecule has 3 rings (SSSR count). The number of nitrogens with one attached hydrogen (secondary N) is 1. The van der Waals surface area contributed by atoms with Crippen LogP contribution < -0.4 is 5.32 Å². The minimum absolute atomic E-state index is 0.295. The third kappa shape index (κ3) is 2.21. The van der Waals surface area contributed by atoms with Crippen LogP contribution in [0.25, 0.3) is 0 Å². The van der Waals surface area contributed by atoms with Crippen molar-refractivity contribution in [2.24, 2.45) is 0 Å². The van der Waals surface area contributed by atoms with Crippen LogP contribution in [-0.2, 0) is 5.41 Å². The zero-order chi connectivity index (χ0) is 14.0. The smallest absolute Gasteiger partial charge is 0.174 e. The van der Waals surface area contributed by atoms with Crippen LogP contribution in [0.1, 0.15) is 33.6 Å². The maximum atomic E-state index is 13.2. The third-order valence-electron chi connectivity index (χ3n) is 4.32. The fourth-order valence-corrected chi connectivity index (χ4v) is 3.83. The van der Waals surface area contributed by atoms with Crippen LogP contribution in [0, 0.1) is 6.92 Å². The number of hydrogen-bond acceptors (Lipinski definition) is 3. The summed E-state index contributed by atoms with van der Waals surface area (Å²) in [6.07, 6.45) is 1.76. The number of Topliss-reactive ketones (excluding diaryl/α,β-unsaturated/α-hetero) is 1. The van der Waals surface area contributed by atoms with Crippen molar-refractivity contribution in [1.29, 1.82) is 0 Å². The molecule has 2 heterocycles. The molecule has 0 radical (unpaired) electrons. The first kappa shape index (κ1) is 13.5. The Labute approximate surface area is 123 Å². The highest BCUT2D eigenvalue weighted by molar-refractivity contribution is 7.10. The van der Waals surface area contributed by atoms with Crippen LogP contribution in [0.4, 0.5) is 0 Å². The van der Waals surface area contributed by atoms with Gasteiger partial charge in [0.05, 0.1) is 5.41 Å². The number of thiophene rings is 1. The van der Waals surface area contributed by atoms with Gasteiger partial charge in [0.25, 0.3) is 0 Å². The highest BCUT2D eigenvalue weighted by Crippen LogP contribution is 2.38. The van der Waals surface area contributed by atoms with Gasteiger partial charge in [-0.05, 0) is 49.9 Å². The standard InChI is InChI=1S/C17H19NOS/c1-13-15(7-12-20-13)16(19)17(8-10-18-11-9-17)14-5-3-2-4-6-14/h2-7,12,18H,8-11H2,1H3. The van der Waals surface area contributed by atoms with Gasteiger partial charge >= 0.3 is 0 Å². The second-order valence-corrected chi connectivity index (χ2v) is 6.54. The third-order valence-corrected chi connectivity index (χ3v) is 5.17. The molecule has 1 N–H and O–H groups in total. The average molecular weight is 285 g/mol. The molecule has 1 fully saturated rings. The van der Waals surface area contributed by atoms with E-state index in [2.05, 4.69) is 17.4 Å². The van der Waals surface area contributed by atoms with E-state index in [1.54, 1.807) is 11.3 Å². The number of benzene rings is 1. The summed E-state index contributed by atoms with van der Waals surface area (Å²) in [7, 11) is 0. The van der Waals surface area contributed by atoms with Crippen molar-refractivity contribution in [3.63, 3.8) is 0 Å².